The van der Waals surface area contributed by atoms with Crippen molar-refractivity contribution in [3.05, 3.63) is 28.6 Å². The lowest BCUT2D eigenvalue weighted by atomic mass is 9.83. The van der Waals surface area contributed by atoms with Gasteiger partial charge in [0.25, 0.3) is 0 Å². The van der Waals surface area contributed by atoms with E-state index in [1.165, 1.54) is 6.42 Å². The van der Waals surface area contributed by atoms with Gasteiger partial charge in [0.15, 0.2) is 0 Å². The van der Waals surface area contributed by atoms with Gasteiger partial charge in [0.1, 0.15) is 0 Å². The summed E-state index contributed by atoms with van der Waals surface area (Å²) in [4.78, 5) is 16.0. The second-order valence-electron chi connectivity index (χ2n) is 5.42. The van der Waals surface area contributed by atoms with Crippen LogP contribution in [0.4, 0.5) is 0 Å². The fourth-order valence-corrected chi connectivity index (χ4v) is 2.82. The van der Waals surface area contributed by atoms with Gasteiger partial charge in [0.05, 0.1) is 11.3 Å². The second-order valence-corrected chi connectivity index (χ2v) is 5.42. The molecular weight excluding hydrogens is 226 g/mol. The Balaban J connectivity index is 2.57. The normalized spacial score (nSPS) is 18.8. The van der Waals surface area contributed by atoms with E-state index in [-0.39, 0.29) is 5.92 Å². The number of hydrogen-bond donors (Lipinski definition) is 1. The molecule has 0 saturated carbocycles. The Morgan fingerprint density at radius 3 is 2.83 bits per heavy atom. The first kappa shape index (κ1) is 13.1. The number of nitrogens with zero attached hydrogens (tertiary/aromatic N) is 1. The van der Waals surface area contributed by atoms with Crippen LogP contribution in [0.1, 0.15) is 79.2 Å². The summed E-state index contributed by atoms with van der Waals surface area (Å²) in [5, 5.41) is 9.30. The van der Waals surface area contributed by atoms with Crippen LogP contribution in [-0.2, 0) is 6.42 Å². The van der Waals surface area contributed by atoms with Crippen LogP contribution in [0.3, 0.4) is 0 Å². The van der Waals surface area contributed by atoms with Gasteiger partial charge in [-0.25, -0.2) is 4.79 Å². The zero-order valence-electron chi connectivity index (χ0n) is 11.4. The molecule has 18 heavy (non-hydrogen) atoms. The Hall–Kier alpha value is -1.38. The van der Waals surface area contributed by atoms with Gasteiger partial charge in [0.2, 0.25) is 0 Å². The molecule has 1 aliphatic carbocycles. The van der Waals surface area contributed by atoms with Crippen molar-refractivity contribution in [2.24, 2.45) is 0 Å². The highest BCUT2D eigenvalue weighted by Gasteiger charge is 2.25. The molecule has 1 aromatic rings. The first-order chi connectivity index (χ1) is 8.54. The van der Waals surface area contributed by atoms with Crippen molar-refractivity contribution in [3.63, 3.8) is 0 Å². The Morgan fingerprint density at radius 1 is 1.56 bits per heavy atom. The number of rotatable bonds is 3. The van der Waals surface area contributed by atoms with Crippen molar-refractivity contribution in [1.29, 1.82) is 0 Å². The van der Waals surface area contributed by atoms with E-state index in [9.17, 15) is 9.90 Å². The number of aromatic carboxylic acids is 1. The van der Waals surface area contributed by atoms with Crippen LogP contribution in [0.2, 0.25) is 0 Å². The number of carboxylic acid groups (broad SMARTS) is 1. The smallest absolute Gasteiger partial charge is 0.337 e. The Labute approximate surface area is 108 Å². The van der Waals surface area contributed by atoms with Crippen molar-refractivity contribution in [2.75, 3.05) is 0 Å². The third-order valence-corrected chi connectivity index (χ3v) is 3.82. The molecule has 0 aliphatic heterocycles. The Morgan fingerprint density at radius 2 is 2.28 bits per heavy atom. The molecule has 0 fully saturated rings. The fraction of sp³-hybridized carbons (Fsp3) is 0.600. The molecule has 3 nitrogen and oxygen atoms in total. The summed E-state index contributed by atoms with van der Waals surface area (Å²) in [6, 6.07) is 1.86. The average Bonchev–Trinajstić information content (AvgIpc) is 2.36. The maximum atomic E-state index is 11.3. The predicted octanol–water partition coefficient (Wildman–Crippen LogP) is 3.73. The molecule has 1 aliphatic rings. The van der Waals surface area contributed by atoms with E-state index in [2.05, 4.69) is 6.92 Å². The molecule has 0 bridgehead atoms. The lowest BCUT2D eigenvalue weighted by Gasteiger charge is -2.25. The molecule has 0 spiro atoms. The largest absolute Gasteiger partial charge is 0.478 e. The van der Waals surface area contributed by atoms with Gasteiger partial charge in [-0.2, -0.15) is 0 Å². The molecule has 98 valence electrons. The molecule has 0 radical (unpaired) electrons. The maximum Gasteiger partial charge on any atom is 0.337 e. The molecule has 2 rings (SSSR count). The first-order valence-electron chi connectivity index (χ1n) is 6.81. The molecule has 1 atom stereocenters. The minimum absolute atomic E-state index is 0.154. The second kappa shape index (κ2) is 5.09. The highest BCUT2D eigenvalue weighted by atomic mass is 16.4. The zero-order valence-corrected chi connectivity index (χ0v) is 11.4. The monoisotopic (exact) mass is 247 g/mol. The van der Waals surface area contributed by atoms with E-state index in [1.807, 2.05) is 19.9 Å². The molecule has 1 aromatic heterocycles. The van der Waals surface area contributed by atoms with E-state index < -0.39 is 5.97 Å². The van der Waals surface area contributed by atoms with E-state index in [0.717, 1.165) is 36.2 Å². The first-order valence-corrected chi connectivity index (χ1v) is 6.81. The van der Waals surface area contributed by atoms with E-state index in [0.29, 0.717) is 11.5 Å². The SMILES string of the molecule is CCC1CCCc2cc(C(=O)O)c(C(C)C)nc21. The number of hydrogen-bond acceptors (Lipinski definition) is 2. The number of aromatic nitrogens is 1. The van der Waals surface area contributed by atoms with Crippen LogP contribution in [0.25, 0.3) is 0 Å². The highest BCUT2D eigenvalue weighted by molar-refractivity contribution is 5.89. The van der Waals surface area contributed by atoms with Crippen LogP contribution in [0.5, 0.6) is 0 Å². The maximum absolute atomic E-state index is 11.3. The van der Waals surface area contributed by atoms with E-state index in [1.54, 1.807) is 0 Å². The van der Waals surface area contributed by atoms with Crippen LogP contribution >= 0.6 is 0 Å². The fourth-order valence-electron chi connectivity index (χ4n) is 2.82. The summed E-state index contributed by atoms with van der Waals surface area (Å²) in [5.74, 6) is -0.192. The molecule has 0 aromatic carbocycles. The molecule has 0 saturated heterocycles. The standard InChI is InChI=1S/C15H21NO2/c1-4-10-6-5-7-11-8-12(15(17)18)13(9(2)3)16-14(10)11/h8-10H,4-7H2,1-3H3,(H,17,18). The van der Waals surface area contributed by atoms with Gasteiger partial charge in [-0.05, 0) is 43.2 Å². The summed E-state index contributed by atoms with van der Waals surface area (Å²) in [6.07, 6.45) is 4.38. The molecular formula is C15H21NO2. The summed E-state index contributed by atoms with van der Waals surface area (Å²) >= 11 is 0. The number of carboxylic acids is 1. The average molecular weight is 247 g/mol. The number of aryl methyl sites for hydroxylation is 1. The predicted molar refractivity (Wildman–Crippen MR) is 71.3 cm³/mol. The Kier molecular flexibility index (Phi) is 3.69. The van der Waals surface area contributed by atoms with Gasteiger partial charge in [-0.1, -0.05) is 20.8 Å². The summed E-state index contributed by atoms with van der Waals surface area (Å²) in [7, 11) is 0. The van der Waals surface area contributed by atoms with Crippen LogP contribution in [0.15, 0.2) is 6.07 Å². The third kappa shape index (κ3) is 2.26. The summed E-state index contributed by atoms with van der Waals surface area (Å²) < 4.78 is 0. The molecule has 1 heterocycles. The van der Waals surface area contributed by atoms with Crippen molar-refractivity contribution >= 4 is 5.97 Å². The van der Waals surface area contributed by atoms with Gasteiger partial charge in [-0.3, -0.25) is 4.98 Å². The lowest BCUT2D eigenvalue weighted by Crippen LogP contribution is -2.17. The number of pyridine rings is 1. The topological polar surface area (TPSA) is 50.2 Å². The van der Waals surface area contributed by atoms with E-state index >= 15 is 0 Å². The number of fused-ring (bicyclic) bond motifs is 1. The van der Waals surface area contributed by atoms with Crippen LogP contribution in [0, 0.1) is 0 Å². The van der Waals surface area contributed by atoms with Crippen LogP contribution < -0.4 is 0 Å². The minimum Gasteiger partial charge on any atom is -0.478 e. The van der Waals surface area contributed by atoms with Crippen molar-refractivity contribution < 1.29 is 9.90 Å². The number of carbonyl (C=O) groups is 1. The summed E-state index contributed by atoms with van der Waals surface area (Å²) in [5.41, 5.74) is 3.43. The molecule has 1 unspecified atom stereocenters. The van der Waals surface area contributed by atoms with Crippen molar-refractivity contribution in [3.8, 4) is 0 Å². The van der Waals surface area contributed by atoms with Gasteiger partial charge in [-0.15, -0.1) is 0 Å². The minimum atomic E-state index is -0.854. The Bertz CT molecular complexity index is 466. The van der Waals surface area contributed by atoms with Crippen LogP contribution in [-0.4, -0.2) is 16.1 Å². The summed E-state index contributed by atoms with van der Waals surface area (Å²) in [6.45, 7) is 6.19. The van der Waals surface area contributed by atoms with Crippen molar-refractivity contribution in [2.45, 2.75) is 58.3 Å². The van der Waals surface area contributed by atoms with Crippen molar-refractivity contribution in [1.82, 2.24) is 4.98 Å². The van der Waals surface area contributed by atoms with E-state index in [4.69, 9.17) is 4.98 Å². The third-order valence-electron chi connectivity index (χ3n) is 3.82. The van der Waals surface area contributed by atoms with Gasteiger partial charge < -0.3 is 5.11 Å². The van der Waals surface area contributed by atoms with Gasteiger partial charge in [0, 0.05) is 11.6 Å². The highest BCUT2D eigenvalue weighted by Crippen LogP contribution is 2.34. The molecule has 1 N–H and O–H groups in total. The lowest BCUT2D eigenvalue weighted by molar-refractivity contribution is 0.0694. The van der Waals surface area contributed by atoms with Gasteiger partial charge >= 0.3 is 5.97 Å². The quantitative estimate of drug-likeness (QED) is 0.885. The molecule has 0 amide bonds. The molecule has 3 heteroatoms. The zero-order chi connectivity index (χ0) is 13.3.